The molecule has 1 aromatic heterocycles. The number of hydrogen-bond donors (Lipinski definition) is 4. The Morgan fingerprint density at radius 3 is 2.18 bits per heavy atom. The molecule has 0 aromatic carbocycles. The summed E-state index contributed by atoms with van der Waals surface area (Å²) in [7, 11) is -8.81. The summed E-state index contributed by atoms with van der Waals surface area (Å²) in [4.78, 5) is 2.28. The van der Waals surface area contributed by atoms with Crippen LogP contribution >= 0.6 is 0 Å². The fraction of sp³-hybridized carbons (Fsp3) is 0. The van der Waals surface area contributed by atoms with Crippen LogP contribution in [0.2, 0.25) is 0 Å². The lowest BCUT2D eigenvalue weighted by Gasteiger charge is -2.04. The Kier molecular flexibility index (Phi) is 2.84. The van der Waals surface area contributed by atoms with Gasteiger partial charge in [0, 0.05) is 11.4 Å². The standard InChI is InChI=1S/C7H7B2NO6S/c11-8(12)6-4-2-1-3-10-5(4)7(9(13)14)17(6,15)16/h1-3,11-14H. The Balaban J connectivity index is 3.03. The highest BCUT2D eigenvalue weighted by Gasteiger charge is 2.42. The molecule has 4 N–H and O–H groups in total. The SMILES string of the molecule is O=S1(=O)C(B(O)O)=c2cccnc2=C1B(O)O. The van der Waals surface area contributed by atoms with Crippen molar-refractivity contribution in [1.82, 2.24) is 4.98 Å². The van der Waals surface area contributed by atoms with Gasteiger partial charge in [-0.05, 0) is 6.07 Å². The Bertz CT molecular complexity index is 630. The molecule has 0 fully saturated rings. The second kappa shape index (κ2) is 3.93. The van der Waals surface area contributed by atoms with Crippen LogP contribution in [0.4, 0.5) is 0 Å². The van der Waals surface area contributed by atoms with E-state index < -0.39 is 33.7 Å². The van der Waals surface area contributed by atoms with Gasteiger partial charge in [0.25, 0.3) is 0 Å². The minimum atomic E-state index is -4.31. The minimum Gasteiger partial charge on any atom is -0.423 e. The van der Waals surface area contributed by atoms with E-state index in [1.165, 1.54) is 18.3 Å². The third-order valence-electron chi connectivity index (χ3n) is 2.35. The summed E-state index contributed by atoms with van der Waals surface area (Å²) >= 11 is 0. The average Bonchev–Trinajstić information content (AvgIpc) is 2.42. The van der Waals surface area contributed by atoms with E-state index in [9.17, 15) is 8.42 Å². The predicted octanol–water partition coefficient (Wildman–Crippen LogP) is -4.25. The fourth-order valence-electron chi connectivity index (χ4n) is 1.73. The quantitative estimate of drug-likeness (QED) is 0.394. The molecule has 0 atom stereocenters. The first-order valence-electron chi connectivity index (χ1n) is 4.54. The molecule has 2 rings (SSSR count). The molecule has 88 valence electrons. The van der Waals surface area contributed by atoms with E-state index in [4.69, 9.17) is 20.1 Å². The van der Waals surface area contributed by atoms with Crippen molar-refractivity contribution in [1.29, 1.82) is 0 Å². The van der Waals surface area contributed by atoms with E-state index in [2.05, 4.69) is 4.98 Å². The third-order valence-corrected chi connectivity index (χ3v) is 4.35. The van der Waals surface area contributed by atoms with Gasteiger partial charge in [-0.3, -0.25) is 4.98 Å². The Labute approximate surface area is 96.6 Å². The molecule has 1 aliphatic heterocycles. The van der Waals surface area contributed by atoms with Crippen LogP contribution in [0.5, 0.6) is 0 Å². The normalized spacial score (nSPS) is 16.9. The zero-order chi connectivity index (χ0) is 12.8. The zero-order valence-corrected chi connectivity index (χ0v) is 9.16. The largest absolute Gasteiger partial charge is 0.503 e. The topological polar surface area (TPSA) is 128 Å². The summed E-state index contributed by atoms with van der Waals surface area (Å²) in [6.07, 6.45) is 1.27. The monoisotopic (exact) mass is 255 g/mol. The number of sulfone groups is 1. The van der Waals surface area contributed by atoms with Crippen LogP contribution < -0.4 is 10.6 Å². The van der Waals surface area contributed by atoms with E-state index >= 15 is 0 Å². The van der Waals surface area contributed by atoms with E-state index in [-0.39, 0.29) is 10.6 Å². The van der Waals surface area contributed by atoms with Crippen LogP contribution in [0.25, 0.3) is 9.61 Å². The highest BCUT2D eigenvalue weighted by atomic mass is 32.2. The number of pyridine rings is 1. The molecule has 0 spiro atoms. The summed E-state index contributed by atoms with van der Waals surface area (Å²) in [5.74, 6) is 0. The van der Waals surface area contributed by atoms with E-state index in [1.807, 2.05) is 0 Å². The van der Waals surface area contributed by atoms with E-state index in [0.29, 0.717) is 0 Å². The highest BCUT2D eigenvalue weighted by Crippen LogP contribution is 2.21. The second-order valence-electron chi connectivity index (χ2n) is 3.38. The minimum absolute atomic E-state index is 0.0365. The van der Waals surface area contributed by atoms with Gasteiger partial charge < -0.3 is 20.1 Å². The smallest absolute Gasteiger partial charge is 0.423 e. The highest BCUT2D eigenvalue weighted by molar-refractivity contribution is 8.12. The van der Waals surface area contributed by atoms with E-state index in [1.54, 1.807) is 0 Å². The summed E-state index contributed by atoms with van der Waals surface area (Å²) in [6.45, 7) is 0. The summed E-state index contributed by atoms with van der Waals surface area (Å²) in [5.41, 5.74) is 0. The van der Waals surface area contributed by atoms with Gasteiger partial charge in [0.05, 0.1) is 10.2 Å². The number of fused-ring (bicyclic) bond motifs is 1. The van der Waals surface area contributed by atoms with Crippen LogP contribution in [-0.2, 0) is 9.84 Å². The van der Waals surface area contributed by atoms with Crippen molar-refractivity contribution in [2.75, 3.05) is 0 Å². The van der Waals surface area contributed by atoms with Crippen LogP contribution in [0, 0.1) is 0 Å². The van der Waals surface area contributed by atoms with Crippen molar-refractivity contribution >= 4 is 33.7 Å². The van der Waals surface area contributed by atoms with Crippen molar-refractivity contribution in [2.24, 2.45) is 0 Å². The lowest BCUT2D eigenvalue weighted by atomic mass is 9.88. The van der Waals surface area contributed by atoms with Gasteiger partial charge in [0.1, 0.15) is 4.80 Å². The molecule has 0 saturated carbocycles. The van der Waals surface area contributed by atoms with Gasteiger partial charge in [0.2, 0.25) is 0 Å². The molecule has 1 aliphatic rings. The molecule has 10 heteroatoms. The van der Waals surface area contributed by atoms with Crippen LogP contribution in [0.1, 0.15) is 0 Å². The van der Waals surface area contributed by atoms with Crippen molar-refractivity contribution in [3.05, 3.63) is 28.9 Å². The maximum Gasteiger partial charge on any atom is 0.503 e. The molecule has 0 saturated heterocycles. The number of rotatable bonds is 2. The number of aromatic nitrogens is 1. The molecule has 0 unspecified atom stereocenters. The summed E-state index contributed by atoms with van der Waals surface area (Å²) in [6, 6.07) is 2.72. The third kappa shape index (κ3) is 1.70. The molecule has 0 radical (unpaired) electrons. The van der Waals surface area contributed by atoms with Gasteiger partial charge in [0.15, 0.2) is 9.84 Å². The first-order chi connectivity index (χ1) is 7.87. The van der Waals surface area contributed by atoms with Crippen LogP contribution in [-0.4, -0.2) is 47.7 Å². The van der Waals surface area contributed by atoms with Crippen molar-refractivity contribution < 1.29 is 28.5 Å². The van der Waals surface area contributed by atoms with Gasteiger partial charge in [-0.1, -0.05) is 6.07 Å². The second-order valence-corrected chi connectivity index (χ2v) is 5.27. The molecule has 0 bridgehead atoms. The lowest BCUT2D eigenvalue weighted by molar-refractivity contribution is 0.427. The first-order valence-corrected chi connectivity index (χ1v) is 6.02. The molecule has 17 heavy (non-hydrogen) atoms. The Morgan fingerprint density at radius 1 is 1.06 bits per heavy atom. The van der Waals surface area contributed by atoms with E-state index in [0.717, 1.165) is 0 Å². The van der Waals surface area contributed by atoms with Crippen LogP contribution in [0.3, 0.4) is 0 Å². The van der Waals surface area contributed by atoms with Crippen LogP contribution in [0.15, 0.2) is 18.3 Å². The average molecular weight is 255 g/mol. The fourth-order valence-corrected chi connectivity index (χ4v) is 3.39. The maximum absolute atomic E-state index is 11.9. The molecular formula is C7H7B2NO6S. The summed E-state index contributed by atoms with van der Waals surface area (Å²) < 4.78 is 23.8. The van der Waals surface area contributed by atoms with Crippen molar-refractivity contribution in [2.45, 2.75) is 0 Å². The number of hydrogen-bond acceptors (Lipinski definition) is 7. The molecule has 1 aromatic rings. The molecular weight excluding hydrogens is 248 g/mol. The van der Waals surface area contributed by atoms with Gasteiger partial charge in [-0.25, -0.2) is 8.42 Å². The Hall–Kier alpha value is -1.19. The first kappa shape index (κ1) is 12.3. The van der Waals surface area contributed by atoms with Crippen molar-refractivity contribution in [3.8, 4) is 0 Å². The molecule has 0 amide bonds. The predicted molar refractivity (Wildman–Crippen MR) is 59.6 cm³/mol. The van der Waals surface area contributed by atoms with Gasteiger partial charge >= 0.3 is 14.2 Å². The van der Waals surface area contributed by atoms with Gasteiger partial charge in [-0.2, -0.15) is 0 Å². The zero-order valence-electron chi connectivity index (χ0n) is 8.35. The molecule has 0 aliphatic carbocycles. The molecule has 7 nitrogen and oxygen atoms in total. The Morgan fingerprint density at radius 2 is 1.65 bits per heavy atom. The lowest BCUT2D eigenvalue weighted by Crippen LogP contribution is -2.33. The maximum atomic E-state index is 11.9. The molecule has 2 heterocycles. The van der Waals surface area contributed by atoms with Gasteiger partial charge in [-0.15, -0.1) is 0 Å². The van der Waals surface area contributed by atoms with Crippen molar-refractivity contribution in [3.63, 3.8) is 0 Å². The summed E-state index contributed by atoms with van der Waals surface area (Å²) in [5, 5.41) is 36.0. The number of nitrogens with zero attached hydrogens (tertiary/aromatic N) is 1.